The SMILES string of the molecule is C=C(C#CCCCC)c1ccc(C#N)cc1. The van der Waals surface area contributed by atoms with Crippen LogP contribution in [0.15, 0.2) is 30.8 Å². The number of nitriles is 1. The fourth-order valence-electron chi connectivity index (χ4n) is 1.25. The summed E-state index contributed by atoms with van der Waals surface area (Å²) in [6, 6.07) is 9.43. The molecule has 1 aromatic rings. The van der Waals surface area contributed by atoms with Crippen molar-refractivity contribution in [2.24, 2.45) is 0 Å². The van der Waals surface area contributed by atoms with Crippen molar-refractivity contribution in [3.63, 3.8) is 0 Å². The lowest BCUT2D eigenvalue weighted by Gasteiger charge is -1.97. The molecule has 1 heteroatoms. The summed E-state index contributed by atoms with van der Waals surface area (Å²) in [6.45, 7) is 6.07. The van der Waals surface area contributed by atoms with E-state index in [-0.39, 0.29) is 0 Å². The van der Waals surface area contributed by atoms with E-state index in [1.54, 1.807) is 12.1 Å². The van der Waals surface area contributed by atoms with Crippen molar-refractivity contribution in [1.82, 2.24) is 0 Å². The molecule has 0 aliphatic heterocycles. The second-order valence-corrected chi connectivity index (χ2v) is 3.57. The van der Waals surface area contributed by atoms with Crippen molar-refractivity contribution in [3.8, 4) is 17.9 Å². The molecule has 80 valence electrons. The third-order valence-electron chi connectivity index (χ3n) is 2.26. The maximum atomic E-state index is 8.67. The highest BCUT2D eigenvalue weighted by molar-refractivity contribution is 5.77. The van der Waals surface area contributed by atoms with Crippen molar-refractivity contribution in [2.45, 2.75) is 26.2 Å². The predicted octanol–water partition coefficient (Wildman–Crippen LogP) is 3.77. The smallest absolute Gasteiger partial charge is 0.0991 e. The Kier molecular flexibility index (Phi) is 4.90. The standard InChI is InChI=1S/C15H15N/c1-3-4-5-6-7-13(2)15-10-8-14(12-16)9-11-15/h8-11H,2-5H2,1H3. The van der Waals surface area contributed by atoms with Gasteiger partial charge >= 0.3 is 0 Å². The molecular formula is C15H15N. The molecule has 0 aromatic heterocycles. The number of unbranched alkanes of at least 4 members (excludes halogenated alkanes) is 2. The van der Waals surface area contributed by atoms with Crippen LogP contribution >= 0.6 is 0 Å². The van der Waals surface area contributed by atoms with E-state index in [1.807, 2.05) is 12.1 Å². The van der Waals surface area contributed by atoms with Crippen molar-refractivity contribution < 1.29 is 0 Å². The molecule has 0 bridgehead atoms. The largest absolute Gasteiger partial charge is 0.192 e. The van der Waals surface area contributed by atoms with Crippen LogP contribution in [0.4, 0.5) is 0 Å². The number of allylic oxidation sites excluding steroid dienone is 1. The third kappa shape index (κ3) is 3.64. The summed E-state index contributed by atoms with van der Waals surface area (Å²) in [4.78, 5) is 0. The zero-order valence-electron chi connectivity index (χ0n) is 9.59. The maximum absolute atomic E-state index is 8.67. The van der Waals surface area contributed by atoms with E-state index >= 15 is 0 Å². The Morgan fingerprint density at radius 1 is 1.31 bits per heavy atom. The molecule has 0 amide bonds. The van der Waals surface area contributed by atoms with Gasteiger partial charge < -0.3 is 0 Å². The molecule has 0 atom stereocenters. The van der Waals surface area contributed by atoms with Crippen molar-refractivity contribution in [1.29, 1.82) is 5.26 Å². The van der Waals surface area contributed by atoms with Crippen molar-refractivity contribution >= 4 is 5.57 Å². The van der Waals surface area contributed by atoms with Crippen LogP contribution < -0.4 is 0 Å². The van der Waals surface area contributed by atoms with E-state index in [0.717, 1.165) is 30.4 Å². The minimum Gasteiger partial charge on any atom is -0.192 e. The number of hydrogen-bond donors (Lipinski definition) is 0. The third-order valence-corrected chi connectivity index (χ3v) is 2.26. The summed E-state index contributed by atoms with van der Waals surface area (Å²) in [5, 5.41) is 8.67. The summed E-state index contributed by atoms with van der Waals surface area (Å²) in [5.41, 5.74) is 2.47. The Morgan fingerprint density at radius 3 is 2.56 bits per heavy atom. The van der Waals surface area contributed by atoms with Gasteiger partial charge in [-0.25, -0.2) is 0 Å². The highest BCUT2D eigenvalue weighted by Crippen LogP contribution is 2.12. The molecule has 0 spiro atoms. The molecule has 0 aliphatic carbocycles. The average molecular weight is 209 g/mol. The van der Waals surface area contributed by atoms with Gasteiger partial charge in [0, 0.05) is 12.0 Å². The Balaban J connectivity index is 2.65. The first kappa shape index (κ1) is 12.1. The second-order valence-electron chi connectivity index (χ2n) is 3.57. The van der Waals surface area contributed by atoms with E-state index in [9.17, 15) is 0 Å². The molecule has 0 heterocycles. The molecule has 0 fully saturated rings. The number of rotatable bonds is 3. The molecule has 1 nitrogen and oxygen atoms in total. The fourth-order valence-corrected chi connectivity index (χ4v) is 1.25. The molecule has 0 saturated heterocycles. The number of nitrogens with zero attached hydrogens (tertiary/aromatic N) is 1. The van der Waals surface area contributed by atoms with Gasteiger partial charge in [-0.1, -0.05) is 43.9 Å². The molecule has 0 N–H and O–H groups in total. The minimum atomic E-state index is 0.662. The zero-order chi connectivity index (χ0) is 11.8. The first-order chi connectivity index (χ1) is 7.77. The molecular weight excluding hydrogens is 194 g/mol. The van der Waals surface area contributed by atoms with Crippen LogP contribution in [-0.4, -0.2) is 0 Å². The van der Waals surface area contributed by atoms with E-state index in [2.05, 4.69) is 31.4 Å². The Labute approximate surface area is 97.4 Å². The van der Waals surface area contributed by atoms with Gasteiger partial charge in [0.25, 0.3) is 0 Å². The molecule has 16 heavy (non-hydrogen) atoms. The minimum absolute atomic E-state index is 0.662. The van der Waals surface area contributed by atoms with Gasteiger partial charge in [0.2, 0.25) is 0 Å². The molecule has 1 rings (SSSR count). The Morgan fingerprint density at radius 2 is 2.00 bits per heavy atom. The maximum Gasteiger partial charge on any atom is 0.0991 e. The summed E-state index contributed by atoms with van der Waals surface area (Å²) < 4.78 is 0. The summed E-state index contributed by atoms with van der Waals surface area (Å²) in [7, 11) is 0. The van der Waals surface area contributed by atoms with E-state index in [1.165, 1.54) is 0 Å². The van der Waals surface area contributed by atoms with Gasteiger partial charge in [0.15, 0.2) is 0 Å². The number of benzene rings is 1. The summed E-state index contributed by atoms with van der Waals surface area (Å²) >= 11 is 0. The molecule has 1 aromatic carbocycles. The second kappa shape index (κ2) is 6.49. The van der Waals surface area contributed by atoms with Gasteiger partial charge in [-0.3, -0.25) is 0 Å². The molecule has 0 radical (unpaired) electrons. The lowest BCUT2D eigenvalue weighted by atomic mass is 10.1. The van der Waals surface area contributed by atoms with E-state index in [4.69, 9.17) is 5.26 Å². The first-order valence-electron chi connectivity index (χ1n) is 5.46. The topological polar surface area (TPSA) is 23.8 Å². The zero-order valence-corrected chi connectivity index (χ0v) is 9.59. The lowest BCUT2D eigenvalue weighted by Crippen LogP contribution is -1.80. The van der Waals surface area contributed by atoms with Crippen molar-refractivity contribution in [3.05, 3.63) is 42.0 Å². The number of hydrogen-bond acceptors (Lipinski definition) is 1. The Bertz CT molecular complexity index is 449. The summed E-state index contributed by atoms with van der Waals surface area (Å²) in [6.07, 6.45) is 3.22. The van der Waals surface area contributed by atoms with Gasteiger partial charge in [-0.15, -0.1) is 0 Å². The van der Waals surface area contributed by atoms with Crippen LogP contribution in [-0.2, 0) is 0 Å². The fraction of sp³-hybridized carbons (Fsp3) is 0.267. The van der Waals surface area contributed by atoms with Gasteiger partial charge in [-0.05, 0) is 24.1 Å². The highest BCUT2D eigenvalue weighted by Gasteiger charge is 1.95. The van der Waals surface area contributed by atoms with E-state index in [0.29, 0.717) is 5.56 Å². The average Bonchev–Trinajstić information content (AvgIpc) is 2.34. The lowest BCUT2D eigenvalue weighted by molar-refractivity contribution is 0.828. The van der Waals surface area contributed by atoms with Crippen LogP contribution in [0, 0.1) is 23.2 Å². The van der Waals surface area contributed by atoms with Crippen LogP contribution in [0.2, 0.25) is 0 Å². The van der Waals surface area contributed by atoms with Crippen LogP contribution in [0.3, 0.4) is 0 Å². The van der Waals surface area contributed by atoms with Gasteiger partial charge in [0.05, 0.1) is 11.6 Å². The monoisotopic (exact) mass is 209 g/mol. The summed E-state index contributed by atoms with van der Waals surface area (Å²) in [5.74, 6) is 6.14. The van der Waals surface area contributed by atoms with Crippen LogP contribution in [0.1, 0.15) is 37.3 Å². The first-order valence-corrected chi connectivity index (χ1v) is 5.46. The quantitative estimate of drug-likeness (QED) is 0.549. The van der Waals surface area contributed by atoms with Crippen molar-refractivity contribution in [2.75, 3.05) is 0 Å². The van der Waals surface area contributed by atoms with Crippen LogP contribution in [0.25, 0.3) is 5.57 Å². The van der Waals surface area contributed by atoms with E-state index < -0.39 is 0 Å². The van der Waals surface area contributed by atoms with Gasteiger partial charge in [0.1, 0.15) is 0 Å². The Hall–Kier alpha value is -1.99. The normalized spacial score (nSPS) is 8.75. The molecule has 0 saturated carbocycles. The van der Waals surface area contributed by atoms with Gasteiger partial charge in [-0.2, -0.15) is 5.26 Å². The van der Waals surface area contributed by atoms with Crippen LogP contribution in [0.5, 0.6) is 0 Å². The predicted molar refractivity (Wildman–Crippen MR) is 67.5 cm³/mol. The highest BCUT2D eigenvalue weighted by atomic mass is 14.2. The molecule has 0 unspecified atom stereocenters. The molecule has 0 aliphatic rings.